The van der Waals surface area contributed by atoms with Crippen LogP contribution >= 0.6 is 0 Å². The second kappa shape index (κ2) is 9.40. The zero-order valence-corrected chi connectivity index (χ0v) is 18.8. The van der Waals surface area contributed by atoms with Crippen LogP contribution < -0.4 is 11.2 Å². The SMILES string of the molecule is CCC(C)c1ccc(/C(C)=N\Nc2nc(N)c3ncn([C@@H]4O[C@H](CO)[C@@H](O)[C@H]4O)c3n2)cc1. The number of fused-ring (bicyclic) bond motifs is 1. The Hall–Kier alpha value is -3.12. The van der Waals surface area contributed by atoms with E-state index in [-0.39, 0.29) is 11.8 Å². The number of hydrogen-bond donors (Lipinski definition) is 5. The number of rotatable bonds is 7. The molecule has 5 atom stereocenters. The molecule has 11 heteroatoms. The molecule has 3 heterocycles. The van der Waals surface area contributed by atoms with Crippen molar-refractivity contribution in [3.8, 4) is 0 Å². The van der Waals surface area contributed by atoms with Crippen molar-refractivity contribution in [2.75, 3.05) is 17.8 Å². The molecule has 1 unspecified atom stereocenters. The van der Waals surface area contributed by atoms with Crippen LogP contribution in [0.3, 0.4) is 0 Å². The number of hydrazone groups is 1. The summed E-state index contributed by atoms with van der Waals surface area (Å²) in [5, 5.41) is 34.1. The summed E-state index contributed by atoms with van der Waals surface area (Å²) >= 11 is 0. The Morgan fingerprint density at radius 3 is 2.61 bits per heavy atom. The van der Waals surface area contributed by atoms with Gasteiger partial charge in [-0.3, -0.25) is 4.57 Å². The zero-order valence-electron chi connectivity index (χ0n) is 18.8. The van der Waals surface area contributed by atoms with Gasteiger partial charge in [-0.25, -0.2) is 10.4 Å². The molecule has 11 nitrogen and oxygen atoms in total. The highest BCUT2D eigenvalue weighted by Gasteiger charge is 2.44. The number of nitrogens with two attached hydrogens (primary N) is 1. The highest BCUT2D eigenvalue weighted by Crippen LogP contribution is 2.32. The second-order valence-electron chi connectivity index (χ2n) is 8.23. The van der Waals surface area contributed by atoms with Crippen LogP contribution in [0.25, 0.3) is 11.2 Å². The van der Waals surface area contributed by atoms with Crippen LogP contribution in [0, 0.1) is 0 Å². The molecule has 176 valence electrons. The summed E-state index contributed by atoms with van der Waals surface area (Å²) in [4.78, 5) is 12.8. The van der Waals surface area contributed by atoms with Crippen LogP contribution in [0.5, 0.6) is 0 Å². The molecular weight excluding hydrogens is 426 g/mol. The van der Waals surface area contributed by atoms with Crippen LogP contribution in [0.1, 0.15) is 50.5 Å². The molecule has 0 spiro atoms. The minimum atomic E-state index is -1.27. The molecule has 1 aromatic carbocycles. The van der Waals surface area contributed by atoms with Gasteiger partial charge in [-0.2, -0.15) is 15.1 Å². The van der Waals surface area contributed by atoms with Gasteiger partial charge in [0.15, 0.2) is 17.7 Å². The molecule has 3 aromatic rings. The first kappa shape index (κ1) is 23.1. The Labute approximate surface area is 191 Å². The van der Waals surface area contributed by atoms with Gasteiger partial charge in [-0.15, -0.1) is 0 Å². The smallest absolute Gasteiger partial charge is 0.247 e. The first-order valence-electron chi connectivity index (χ1n) is 10.9. The van der Waals surface area contributed by atoms with Gasteiger partial charge in [-0.1, -0.05) is 38.1 Å². The van der Waals surface area contributed by atoms with E-state index < -0.39 is 31.1 Å². The predicted molar refractivity (Wildman–Crippen MR) is 124 cm³/mol. The minimum Gasteiger partial charge on any atom is -0.394 e. The van der Waals surface area contributed by atoms with Gasteiger partial charge in [0.25, 0.3) is 0 Å². The lowest BCUT2D eigenvalue weighted by Gasteiger charge is -2.16. The van der Waals surface area contributed by atoms with E-state index in [2.05, 4.69) is 51.5 Å². The normalized spacial score (nSPS) is 24.4. The fourth-order valence-corrected chi connectivity index (χ4v) is 3.77. The number of aliphatic hydroxyl groups excluding tert-OH is 3. The van der Waals surface area contributed by atoms with E-state index in [1.165, 1.54) is 16.5 Å². The highest BCUT2D eigenvalue weighted by molar-refractivity contribution is 5.99. The summed E-state index contributed by atoms with van der Waals surface area (Å²) in [6.45, 7) is 5.80. The van der Waals surface area contributed by atoms with E-state index >= 15 is 0 Å². The van der Waals surface area contributed by atoms with Crippen molar-refractivity contribution < 1.29 is 20.1 Å². The number of ether oxygens (including phenoxy) is 1. The number of nitrogens with one attached hydrogen (secondary N) is 1. The van der Waals surface area contributed by atoms with Crippen molar-refractivity contribution in [2.45, 2.75) is 57.6 Å². The first-order valence-corrected chi connectivity index (χ1v) is 10.9. The number of hydrogen-bond acceptors (Lipinski definition) is 10. The van der Waals surface area contributed by atoms with Gasteiger partial charge in [-0.05, 0) is 30.4 Å². The lowest BCUT2D eigenvalue weighted by molar-refractivity contribution is -0.0511. The Morgan fingerprint density at radius 2 is 1.97 bits per heavy atom. The Morgan fingerprint density at radius 1 is 1.24 bits per heavy atom. The largest absolute Gasteiger partial charge is 0.394 e. The van der Waals surface area contributed by atoms with Crippen LogP contribution in [0.15, 0.2) is 35.7 Å². The summed E-state index contributed by atoms with van der Waals surface area (Å²) < 4.78 is 7.03. The maximum Gasteiger partial charge on any atom is 0.247 e. The third-order valence-corrected chi connectivity index (χ3v) is 6.07. The van der Waals surface area contributed by atoms with E-state index in [1.807, 2.05) is 19.1 Å². The molecule has 1 aliphatic rings. The lowest BCUT2D eigenvalue weighted by atomic mass is 9.97. The number of imidazole rings is 1. The molecule has 6 N–H and O–H groups in total. The lowest BCUT2D eigenvalue weighted by Crippen LogP contribution is -2.33. The molecule has 1 fully saturated rings. The molecule has 1 saturated heterocycles. The second-order valence-corrected chi connectivity index (χ2v) is 8.23. The molecule has 0 amide bonds. The summed E-state index contributed by atoms with van der Waals surface area (Å²) in [6.07, 6.45) is -1.95. The summed E-state index contributed by atoms with van der Waals surface area (Å²) in [5.74, 6) is 0.765. The topological polar surface area (TPSA) is 164 Å². The summed E-state index contributed by atoms with van der Waals surface area (Å²) in [6, 6.07) is 8.25. The van der Waals surface area contributed by atoms with Crippen molar-refractivity contribution in [2.24, 2.45) is 5.10 Å². The number of nitrogens with zero attached hydrogens (tertiary/aromatic N) is 5. The van der Waals surface area contributed by atoms with Crippen molar-refractivity contribution in [1.82, 2.24) is 19.5 Å². The standard InChI is InChI=1S/C22H29N7O4/c1-4-11(2)13-5-7-14(8-6-13)12(3)27-28-22-25-19(23)16-20(26-22)29(10-24-16)21-18(32)17(31)15(9-30)33-21/h5-8,10-11,15,17-18,21,30-32H,4,9H2,1-3H3,(H3,23,25,26,28)/b27-12-/t11?,15-,17-,18-,21-/m1/s1. The zero-order chi connectivity index (χ0) is 23.7. The number of aliphatic hydroxyl groups is 3. The number of aromatic nitrogens is 4. The minimum absolute atomic E-state index is 0.124. The van der Waals surface area contributed by atoms with Crippen molar-refractivity contribution in [1.29, 1.82) is 0 Å². The highest BCUT2D eigenvalue weighted by atomic mass is 16.6. The number of nitrogen functional groups attached to an aromatic ring is 1. The Kier molecular flexibility index (Phi) is 6.56. The van der Waals surface area contributed by atoms with Crippen LogP contribution in [0.2, 0.25) is 0 Å². The third kappa shape index (κ3) is 4.40. The van der Waals surface area contributed by atoms with Crippen molar-refractivity contribution in [3.05, 3.63) is 41.7 Å². The fourth-order valence-electron chi connectivity index (χ4n) is 3.77. The molecule has 33 heavy (non-hydrogen) atoms. The average Bonchev–Trinajstić information content (AvgIpc) is 3.38. The van der Waals surface area contributed by atoms with E-state index in [0.717, 1.165) is 17.7 Å². The maximum absolute atomic E-state index is 10.4. The van der Waals surface area contributed by atoms with Gasteiger partial charge in [0, 0.05) is 0 Å². The Balaban J connectivity index is 1.58. The predicted octanol–water partition coefficient (Wildman–Crippen LogP) is 1.37. The van der Waals surface area contributed by atoms with E-state index in [9.17, 15) is 15.3 Å². The van der Waals surface area contributed by atoms with E-state index in [1.54, 1.807) is 0 Å². The van der Waals surface area contributed by atoms with Gasteiger partial charge >= 0.3 is 0 Å². The van der Waals surface area contributed by atoms with Gasteiger partial charge in [0.2, 0.25) is 5.95 Å². The molecule has 0 radical (unpaired) electrons. The molecule has 1 aliphatic heterocycles. The molecule has 4 rings (SSSR count). The average molecular weight is 456 g/mol. The third-order valence-electron chi connectivity index (χ3n) is 6.07. The molecule has 0 bridgehead atoms. The van der Waals surface area contributed by atoms with Crippen LogP contribution in [0.4, 0.5) is 11.8 Å². The van der Waals surface area contributed by atoms with E-state index in [0.29, 0.717) is 17.1 Å². The van der Waals surface area contributed by atoms with Gasteiger partial charge in [0.1, 0.15) is 23.8 Å². The molecular formula is C22H29N7O4. The van der Waals surface area contributed by atoms with E-state index in [4.69, 9.17) is 10.5 Å². The maximum atomic E-state index is 10.4. The summed E-state index contributed by atoms with van der Waals surface area (Å²) in [5.41, 5.74) is 12.5. The van der Waals surface area contributed by atoms with Gasteiger partial charge in [0.05, 0.1) is 18.6 Å². The summed E-state index contributed by atoms with van der Waals surface area (Å²) in [7, 11) is 0. The number of benzene rings is 1. The van der Waals surface area contributed by atoms with Crippen molar-refractivity contribution in [3.63, 3.8) is 0 Å². The molecule has 2 aromatic heterocycles. The molecule has 0 aliphatic carbocycles. The molecule has 0 saturated carbocycles. The van der Waals surface area contributed by atoms with Crippen LogP contribution in [-0.4, -0.2) is 65.5 Å². The van der Waals surface area contributed by atoms with Crippen LogP contribution in [-0.2, 0) is 4.74 Å². The first-order chi connectivity index (χ1) is 15.8. The van der Waals surface area contributed by atoms with Gasteiger partial charge < -0.3 is 25.8 Å². The quantitative estimate of drug-likeness (QED) is 0.261. The fraction of sp³-hybridized carbons (Fsp3) is 0.455. The Bertz CT molecular complexity index is 1150. The van der Waals surface area contributed by atoms with Crippen molar-refractivity contribution >= 4 is 28.6 Å². The monoisotopic (exact) mass is 455 g/mol. The number of anilines is 2.